The summed E-state index contributed by atoms with van der Waals surface area (Å²) in [6.45, 7) is 6.74. The molecule has 4 fully saturated rings. The molecular weight excluding hydrogens is 573 g/mol. The van der Waals surface area contributed by atoms with E-state index in [0.29, 0.717) is 30.3 Å². The highest BCUT2D eigenvalue weighted by molar-refractivity contribution is 5.91. The van der Waals surface area contributed by atoms with Crippen LogP contribution in [-0.4, -0.2) is 82.7 Å². The molecule has 11 heteroatoms. The number of likely N-dealkylation sites (tertiary alicyclic amines) is 1. The molecule has 0 radical (unpaired) electrons. The summed E-state index contributed by atoms with van der Waals surface area (Å²) in [7, 11) is 1.35. The van der Waals surface area contributed by atoms with Crippen molar-refractivity contribution in [1.82, 2.24) is 24.5 Å². The average molecular weight is 610 g/mol. The van der Waals surface area contributed by atoms with Gasteiger partial charge in [0.1, 0.15) is 11.6 Å². The number of rotatable bonds is 5. The maximum absolute atomic E-state index is 13.9. The highest BCUT2D eigenvalue weighted by atomic mass is 19.1. The molecule has 45 heavy (non-hydrogen) atoms. The van der Waals surface area contributed by atoms with Crippen LogP contribution in [0.2, 0.25) is 0 Å². The van der Waals surface area contributed by atoms with Crippen LogP contribution in [-0.2, 0) is 4.74 Å². The van der Waals surface area contributed by atoms with E-state index in [0.717, 1.165) is 74.5 Å². The molecule has 3 aliphatic heterocycles. The Bertz CT molecular complexity index is 1840. The van der Waals surface area contributed by atoms with E-state index in [4.69, 9.17) is 4.74 Å². The quantitative estimate of drug-likeness (QED) is 0.306. The summed E-state index contributed by atoms with van der Waals surface area (Å²) in [5.74, 6) is 0.602. The first-order chi connectivity index (χ1) is 21.7. The molecule has 4 aromatic rings. The second-order valence-electron chi connectivity index (χ2n) is 13.5. The van der Waals surface area contributed by atoms with Gasteiger partial charge in [-0.3, -0.25) is 4.79 Å². The van der Waals surface area contributed by atoms with Crippen molar-refractivity contribution in [2.24, 2.45) is 10.8 Å². The number of benzene rings is 1. The number of ether oxygens (including phenoxy) is 1. The number of hydrogen-bond acceptors (Lipinski definition) is 8. The van der Waals surface area contributed by atoms with E-state index in [-0.39, 0.29) is 28.4 Å². The fourth-order valence-electron chi connectivity index (χ4n) is 8.14. The Morgan fingerprint density at radius 1 is 0.956 bits per heavy atom. The van der Waals surface area contributed by atoms with E-state index in [1.807, 2.05) is 36.2 Å². The van der Waals surface area contributed by atoms with Crippen molar-refractivity contribution in [2.45, 2.75) is 38.5 Å². The zero-order valence-corrected chi connectivity index (χ0v) is 25.6. The number of halogens is 1. The molecule has 2 atom stereocenters. The monoisotopic (exact) mass is 609 g/mol. The van der Waals surface area contributed by atoms with Crippen LogP contribution in [0, 0.1) is 23.6 Å². The number of methoxy groups -OCH3 is 1. The maximum atomic E-state index is 13.9. The molecule has 232 valence electrons. The molecule has 2 spiro atoms. The molecule has 8 rings (SSSR count). The standard InChI is InChI=1S/C34H36FN7O3/c1-22-15-25(41-20-34(21-41)10-9-26(34)23-5-3-6-24(35)16-23)17-42-30(22)37-29(38-42)31(43)40-14-12-33(19-40)11-13-39(18-33)28-8-4-7-27(36-28)32(44)45-2/h3-8,15-17,26H,9-14,18-21H2,1-2H3/t26-,33-/m1/s1. The number of anilines is 2. The van der Waals surface area contributed by atoms with E-state index in [1.165, 1.54) is 13.2 Å². The van der Waals surface area contributed by atoms with Gasteiger partial charge in [-0.2, -0.15) is 0 Å². The summed E-state index contributed by atoms with van der Waals surface area (Å²) < 4.78 is 20.5. The highest BCUT2D eigenvalue weighted by Gasteiger charge is 2.55. The summed E-state index contributed by atoms with van der Waals surface area (Å²) >= 11 is 0. The Balaban J connectivity index is 0.944. The van der Waals surface area contributed by atoms with Gasteiger partial charge in [-0.15, -0.1) is 5.10 Å². The van der Waals surface area contributed by atoms with Gasteiger partial charge in [-0.05, 0) is 80.0 Å². The summed E-state index contributed by atoms with van der Waals surface area (Å²) in [5, 5.41) is 4.66. The number of amides is 1. The van der Waals surface area contributed by atoms with Crippen molar-refractivity contribution in [2.75, 3.05) is 56.2 Å². The molecule has 10 nitrogen and oxygen atoms in total. The summed E-state index contributed by atoms with van der Waals surface area (Å²) in [6.07, 6.45) is 6.07. The van der Waals surface area contributed by atoms with Crippen LogP contribution >= 0.6 is 0 Å². The molecule has 1 aliphatic carbocycles. The van der Waals surface area contributed by atoms with Crippen molar-refractivity contribution < 1.29 is 18.7 Å². The normalized spacial score (nSPS) is 23.5. The van der Waals surface area contributed by atoms with Crippen LogP contribution in [0.5, 0.6) is 0 Å². The number of esters is 1. The molecule has 1 amide bonds. The lowest BCUT2D eigenvalue weighted by atomic mass is 9.53. The van der Waals surface area contributed by atoms with Gasteiger partial charge in [0, 0.05) is 50.1 Å². The van der Waals surface area contributed by atoms with E-state index >= 15 is 0 Å². The summed E-state index contributed by atoms with van der Waals surface area (Å²) in [4.78, 5) is 41.2. The first-order valence-electron chi connectivity index (χ1n) is 15.7. The smallest absolute Gasteiger partial charge is 0.356 e. The minimum atomic E-state index is -0.452. The van der Waals surface area contributed by atoms with Crippen LogP contribution in [0.25, 0.3) is 5.65 Å². The van der Waals surface area contributed by atoms with E-state index in [2.05, 4.69) is 37.0 Å². The third-order valence-electron chi connectivity index (χ3n) is 10.7. The maximum Gasteiger partial charge on any atom is 0.356 e. The first-order valence-corrected chi connectivity index (χ1v) is 15.7. The van der Waals surface area contributed by atoms with Crippen LogP contribution < -0.4 is 9.80 Å². The van der Waals surface area contributed by atoms with Crippen LogP contribution in [0.1, 0.15) is 63.8 Å². The largest absolute Gasteiger partial charge is 0.464 e. The third-order valence-corrected chi connectivity index (χ3v) is 10.7. The lowest BCUT2D eigenvalue weighted by Gasteiger charge is -2.61. The Hall–Kier alpha value is -4.54. The molecule has 6 heterocycles. The van der Waals surface area contributed by atoms with Gasteiger partial charge in [0.2, 0.25) is 5.82 Å². The lowest BCUT2D eigenvalue weighted by molar-refractivity contribution is 0.0518. The zero-order valence-electron chi connectivity index (χ0n) is 25.6. The van der Waals surface area contributed by atoms with Crippen LogP contribution in [0.4, 0.5) is 15.9 Å². The van der Waals surface area contributed by atoms with Crippen molar-refractivity contribution in [3.8, 4) is 0 Å². The molecule has 0 bridgehead atoms. The number of hydrogen-bond donors (Lipinski definition) is 0. The Labute approximate surface area is 260 Å². The van der Waals surface area contributed by atoms with Crippen molar-refractivity contribution in [3.05, 3.63) is 83.2 Å². The number of aryl methyl sites for hydroxylation is 1. The Morgan fingerprint density at radius 2 is 1.78 bits per heavy atom. The van der Waals surface area contributed by atoms with Gasteiger partial charge in [0.15, 0.2) is 11.3 Å². The molecule has 0 unspecified atom stereocenters. The van der Waals surface area contributed by atoms with Crippen molar-refractivity contribution >= 4 is 29.0 Å². The Kier molecular flexibility index (Phi) is 6.37. The molecule has 1 aromatic carbocycles. The number of nitrogens with zero attached hydrogens (tertiary/aromatic N) is 7. The fraction of sp³-hybridized carbons (Fsp3) is 0.441. The van der Waals surface area contributed by atoms with E-state index < -0.39 is 5.97 Å². The van der Waals surface area contributed by atoms with E-state index in [1.54, 1.807) is 16.6 Å². The third kappa shape index (κ3) is 4.62. The number of carbonyl (C=O) groups excluding carboxylic acids is 2. The van der Waals surface area contributed by atoms with Crippen LogP contribution in [0.15, 0.2) is 54.7 Å². The molecule has 0 N–H and O–H groups in total. The first kappa shape index (κ1) is 28.0. The number of aromatic nitrogens is 4. The van der Waals surface area contributed by atoms with Gasteiger partial charge in [-0.1, -0.05) is 18.2 Å². The molecular formula is C34H36FN7O3. The van der Waals surface area contributed by atoms with Crippen molar-refractivity contribution in [3.63, 3.8) is 0 Å². The molecule has 4 aliphatic rings. The van der Waals surface area contributed by atoms with E-state index in [9.17, 15) is 14.0 Å². The van der Waals surface area contributed by atoms with Gasteiger partial charge in [0.05, 0.1) is 19.0 Å². The van der Waals surface area contributed by atoms with Gasteiger partial charge in [-0.25, -0.2) is 23.7 Å². The van der Waals surface area contributed by atoms with Gasteiger partial charge >= 0.3 is 5.97 Å². The predicted octanol–water partition coefficient (Wildman–Crippen LogP) is 4.49. The minimum absolute atomic E-state index is 0.0286. The average Bonchev–Trinajstić information content (AvgIpc) is 3.74. The topological polar surface area (TPSA) is 96.2 Å². The number of carbonyl (C=O) groups is 2. The lowest BCUT2D eigenvalue weighted by Crippen LogP contribution is -2.63. The second kappa shape index (κ2) is 10.3. The minimum Gasteiger partial charge on any atom is -0.464 e. The SMILES string of the molecule is COC(=O)c1cccc(N2CC[C@@]3(CCN(C(=O)c4nc5c(C)cc(N6CC7(CC[C@@H]7c7cccc(F)c7)C6)cn5n4)C3)C2)n1. The van der Waals surface area contributed by atoms with Crippen LogP contribution in [0.3, 0.4) is 0 Å². The predicted molar refractivity (Wildman–Crippen MR) is 166 cm³/mol. The highest BCUT2D eigenvalue weighted by Crippen LogP contribution is 2.58. The second-order valence-corrected chi connectivity index (χ2v) is 13.5. The molecule has 1 saturated carbocycles. The fourth-order valence-corrected chi connectivity index (χ4v) is 8.14. The van der Waals surface area contributed by atoms with Crippen molar-refractivity contribution in [1.29, 1.82) is 0 Å². The van der Waals surface area contributed by atoms with Gasteiger partial charge < -0.3 is 19.4 Å². The summed E-state index contributed by atoms with van der Waals surface area (Å²) in [6, 6.07) is 14.6. The number of fused-ring (bicyclic) bond motifs is 1. The summed E-state index contributed by atoms with van der Waals surface area (Å²) in [5.41, 5.74) is 4.29. The Morgan fingerprint density at radius 3 is 2.56 bits per heavy atom. The molecule has 3 saturated heterocycles. The van der Waals surface area contributed by atoms with Gasteiger partial charge in [0.25, 0.3) is 5.91 Å². The molecule has 3 aromatic heterocycles. The zero-order chi connectivity index (χ0) is 30.9. The number of pyridine rings is 2.